The maximum atomic E-state index is 13.1. The fourth-order valence-corrected chi connectivity index (χ4v) is 3.65. The molecule has 0 aliphatic heterocycles. The van der Waals surface area contributed by atoms with Crippen LogP contribution in [0.5, 0.6) is 0 Å². The molecule has 2 aromatic rings. The lowest BCUT2D eigenvalue weighted by molar-refractivity contribution is 0.538. The van der Waals surface area contributed by atoms with Crippen molar-refractivity contribution >= 4 is 31.3 Å². The van der Waals surface area contributed by atoms with Gasteiger partial charge in [-0.3, -0.25) is 11.3 Å². The number of hydrazine groups is 1. The van der Waals surface area contributed by atoms with Crippen LogP contribution >= 0.6 is 11.3 Å². The molecule has 2 rings (SSSR count). The Balaban J connectivity index is 2.25. The third-order valence-electron chi connectivity index (χ3n) is 2.82. The number of thiophene rings is 1. The van der Waals surface area contributed by atoms with Gasteiger partial charge in [-0.15, -0.1) is 11.3 Å². The van der Waals surface area contributed by atoms with Crippen LogP contribution in [0.3, 0.4) is 0 Å². The second-order valence-corrected chi connectivity index (χ2v) is 7.84. The molecule has 0 radical (unpaired) electrons. The number of hydrogen-bond acceptors (Lipinski definition) is 5. The summed E-state index contributed by atoms with van der Waals surface area (Å²) in [6.07, 6.45) is 1.59. The first-order valence-electron chi connectivity index (χ1n) is 5.72. The van der Waals surface area contributed by atoms with Crippen molar-refractivity contribution in [3.05, 3.63) is 35.0 Å². The average Bonchev–Trinajstić information content (AvgIpc) is 2.71. The van der Waals surface area contributed by atoms with Crippen LogP contribution in [0.25, 0.3) is 10.1 Å². The van der Waals surface area contributed by atoms with Crippen molar-refractivity contribution in [2.45, 2.75) is 12.5 Å². The van der Waals surface area contributed by atoms with Gasteiger partial charge in [0.25, 0.3) is 0 Å². The van der Waals surface area contributed by atoms with Crippen LogP contribution in [0.2, 0.25) is 0 Å². The van der Waals surface area contributed by atoms with Crippen molar-refractivity contribution in [1.29, 1.82) is 0 Å². The van der Waals surface area contributed by atoms with E-state index in [1.54, 1.807) is 6.07 Å². The summed E-state index contributed by atoms with van der Waals surface area (Å²) in [6, 6.07) is 6.18. The Kier molecular flexibility index (Phi) is 4.19. The van der Waals surface area contributed by atoms with Gasteiger partial charge in [-0.1, -0.05) is 0 Å². The Hall–Kier alpha value is -1.02. The first-order valence-corrected chi connectivity index (χ1v) is 8.59. The van der Waals surface area contributed by atoms with Gasteiger partial charge in [0, 0.05) is 15.8 Å². The molecule has 0 bridgehead atoms. The van der Waals surface area contributed by atoms with Crippen molar-refractivity contribution in [3.8, 4) is 0 Å². The van der Waals surface area contributed by atoms with E-state index in [0.29, 0.717) is 6.42 Å². The molecule has 0 saturated carbocycles. The van der Waals surface area contributed by atoms with Crippen molar-refractivity contribution in [1.82, 2.24) is 5.43 Å². The molecule has 0 aliphatic carbocycles. The van der Waals surface area contributed by atoms with E-state index >= 15 is 0 Å². The molecule has 1 heterocycles. The van der Waals surface area contributed by atoms with Gasteiger partial charge in [-0.25, -0.2) is 12.8 Å². The molecule has 1 unspecified atom stereocenters. The number of nitrogens with two attached hydrogens (primary N) is 1. The van der Waals surface area contributed by atoms with E-state index in [0.717, 1.165) is 15.0 Å². The quantitative estimate of drug-likeness (QED) is 0.654. The zero-order valence-corrected chi connectivity index (χ0v) is 12.0. The van der Waals surface area contributed by atoms with Crippen LogP contribution in [-0.4, -0.2) is 20.4 Å². The monoisotopic (exact) mass is 302 g/mol. The van der Waals surface area contributed by atoms with Gasteiger partial charge in [-0.05, 0) is 36.1 Å². The summed E-state index contributed by atoms with van der Waals surface area (Å²) < 4.78 is 36.4. The summed E-state index contributed by atoms with van der Waals surface area (Å²) in [5, 5.41) is 0.805. The van der Waals surface area contributed by atoms with E-state index in [4.69, 9.17) is 5.84 Å². The predicted octanol–water partition coefficient (Wildman–Crippen LogP) is 1.98. The number of nitrogens with one attached hydrogen (secondary N) is 1. The fourth-order valence-electron chi connectivity index (χ4n) is 1.85. The third-order valence-corrected chi connectivity index (χ3v) is 5.03. The molecule has 4 nitrogen and oxygen atoms in total. The highest BCUT2D eigenvalue weighted by atomic mass is 32.2. The Bertz CT molecular complexity index is 682. The molecule has 0 saturated heterocycles. The first-order chi connectivity index (χ1) is 8.89. The zero-order valence-electron chi connectivity index (χ0n) is 10.4. The number of benzene rings is 1. The lowest BCUT2D eigenvalue weighted by Gasteiger charge is -2.12. The summed E-state index contributed by atoms with van der Waals surface area (Å²) in [5.41, 5.74) is 2.62. The summed E-state index contributed by atoms with van der Waals surface area (Å²) >= 11 is 1.49. The van der Waals surface area contributed by atoms with Gasteiger partial charge < -0.3 is 0 Å². The average molecular weight is 302 g/mol. The van der Waals surface area contributed by atoms with Crippen LogP contribution in [0, 0.1) is 5.82 Å². The highest BCUT2D eigenvalue weighted by Gasteiger charge is 2.15. The van der Waals surface area contributed by atoms with E-state index in [2.05, 4.69) is 5.43 Å². The van der Waals surface area contributed by atoms with E-state index in [1.807, 2.05) is 6.07 Å². The first kappa shape index (κ1) is 14.4. The molecule has 1 atom stereocenters. The van der Waals surface area contributed by atoms with Gasteiger partial charge in [0.1, 0.15) is 15.7 Å². The Labute approximate surface area is 115 Å². The van der Waals surface area contributed by atoms with Crippen LogP contribution in [-0.2, 0) is 9.84 Å². The molecule has 0 fully saturated rings. The predicted molar refractivity (Wildman–Crippen MR) is 76.2 cm³/mol. The molecule has 104 valence electrons. The van der Waals surface area contributed by atoms with Crippen LogP contribution in [0.15, 0.2) is 24.3 Å². The molecule has 0 amide bonds. The van der Waals surface area contributed by atoms with Gasteiger partial charge in [0.2, 0.25) is 0 Å². The highest BCUT2D eigenvalue weighted by molar-refractivity contribution is 7.90. The summed E-state index contributed by atoms with van der Waals surface area (Å²) in [7, 11) is -3.02. The summed E-state index contributed by atoms with van der Waals surface area (Å²) in [6.45, 7) is 0. The second kappa shape index (κ2) is 5.54. The largest absolute Gasteiger partial charge is 0.271 e. The maximum absolute atomic E-state index is 13.1. The normalized spacial score (nSPS) is 13.8. The molecule has 1 aromatic carbocycles. The summed E-state index contributed by atoms with van der Waals surface area (Å²) in [4.78, 5) is 0.909. The number of sulfone groups is 1. The minimum Gasteiger partial charge on any atom is -0.271 e. The Morgan fingerprint density at radius 2 is 2.16 bits per heavy atom. The van der Waals surface area contributed by atoms with Crippen LogP contribution < -0.4 is 11.3 Å². The lowest BCUT2D eigenvalue weighted by atomic mass is 10.1. The standard InChI is InChI=1S/C12H15FN2O2S2/c1-19(16,17)5-4-10(15-14)12-7-8-6-9(13)2-3-11(8)18-12/h2-3,6-7,10,15H,4-5,14H2,1H3. The third kappa shape index (κ3) is 3.73. The topological polar surface area (TPSA) is 72.2 Å². The highest BCUT2D eigenvalue weighted by Crippen LogP contribution is 2.31. The molecular weight excluding hydrogens is 287 g/mol. The van der Waals surface area contributed by atoms with Gasteiger partial charge in [-0.2, -0.15) is 0 Å². The van der Waals surface area contributed by atoms with Crippen molar-refractivity contribution in [2.75, 3.05) is 12.0 Å². The Morgan fingerprint density at radius 3 is 2.79 bits per heavy atom. The van der Waals surface area contributed by atoms with Crippen LogP contribution in [0.1, 0.15) is 17.3 Å². The molecule has 1 aromatic heterocycles. The van der Waals surface area contributed by atoms with Crippen molar-refractivity contribution in [3.63, 3.8) is 0 Å². The van der Waals surface area contributed by atoms with E-state index in [9.17, 15) is 12.8 Å². The summed E-state index contributed by atoms with van der Waals surface area (Å²) in [5.74, 6) is 5.25. The van der Waals surface area contributed by atoms with Gasteiger partial charge in [0.15, 0.2) is 0 Å². The SMILES string of the molecule is CS(=O)(=O)CCC(NN)c1cc2cc(F)ccc2s1. The number of fused-ring (bicyclic) bond motifs is 1. The van der Waals surface area contributed by atoms with Crippen molar-refractivity contribution in [2.24, 2.45) is 5.84 Å². The lowest BCUT2D eigenvalue weighted by Crippen LogP contribution is -2.28. The second-order valence-electron chi connectivity index (χ2n) is 4.47. The smallest absolute Gasteiger partial charge is 0.147 e. The van der Waals surface area contributed by atoms with E-state index < -0.39 is 9.84 Å². The van der Waals surface area contributed by atoms with Crippen LogP contribution in [0.4, 0.5) is 4.39 Å². The van der Waals surface area contributed by atoms with Gasteiger partial charge in [0.05, 0.1) is 11.8 Å². The number of rotatable bonds is 5. The zero-order chi connectivity index (χ0) is 14.0. The van der Waals surface area contributed by atoms with E-state index in [1.165, 1.54) is 29.7 Å². The van der Waals surface area contributed by atoms with Gasteiger partial charge >= 0.3 is 0 Å². The Morgan fingerprint density at radius 1 is 1.42 bits per heavy atom. The minimum absolute atomic E-state index is 0.0600. The molecule has 7 heteroatoms. The molecule has 19 heavy (non-hydrogen) atoms. The maximum Gasteiger partial charge on any atom is 0.147 e. The number of hydrogen-bond donors (Lipinski definition) is 2. The van der Waals surface area contributed by atoms with E-state index in [-0.39, 0.29) is 17.6 Å². The fraction of sp³-hybridized carbons (Fsp3) is 0.333. The number of halogens is 1. The molecule has 0 spiro atoms. The molecular formula is C12H15FN2O2S2. The molecule has 3 N–H and O–H groups in total. The molecule has 0 aliphatic rings. The van der Waals surface area contributed by atoms with Crippen molar-refractivity contribution < 1.29 is 12.8 Å². The minimum atomic E-state index is -3.02.